The van der Waals surface area contributed by atoms with Gasteiger partial charge in [0, 0.05) is 6.54 Å². The third-order valence-corrected chi connectivity index (χ3v) is 5.15. The molecule has 0 bridgehead atoms. The summed E-state index contributed by atoms with van der Waals surface area (Å²) in [5, 5.41) is 0. The molecule has 2 saturated heterocycles. The van der Waals surface area contributed by atoms with E-state index in [0.717, 1.165) is 17.8 Å². The molecule has 0 saturated carbocycles. The molecule has 2 fully saturated rings. The quantitative estimate of drug-likeness (QED) is 0.713. The van der Waals surface area contributed by atoms with Crippen LogP contribution in [-0.4, -0.2) is 49.1 Å². The first-order valence-corrected chi connectivity index (χ1v) is 10.0. The van der Waals surface area contributed by atoms with Crippen LogP contribution in [-0.2, 0) is 0 Å². The highest BCUT2D eigenvalue weighted by Crippen LogP contribution is 2.29. The molecule has 2 rings (SSSR count). The first-order chi connectivity index (χ1) is 10.6. The van der Waals surface area contributed by atoms with Crippen molar-refractivity contribution in [2.75, 3.05) is 39.3 Å². The molecule has 0 radical (unpaired) electrons. The molecule has 0 aromatic carbocycles. The summed E-state index contributed by atoms with van der Waals surface area (Å²) < 4.78 is 0. The lowest BCUT2D eigenvalue weighted by Gasteiger charge is -2.37. The van der Waals surface area contributed by atoms with E-state index >= 15 is 0 Å². The van der Waals surface area contributed by atoms with Gasteiger partial charge in [-0.15, -0.1) is 0 Å². The Bertz CT molecular complexity index is 248. The van der Waals surface area contributed by atoms with Gasteiger partial charge in [-0.05, 0) is 82.6 Å². The number of rotatable bonds is 5. The molecule has 0 atom stereocenters. The zero-order valence-corrected chi connectivity index (χ0v) is 16.1. The van der Waals surface area contributed by atoms with E-state index < -0.39 is 0 Å². The minimum Gasteiger partial charge on any atom is -0.304 e. The Morgan fingerprint density at radius 1 is 0.773 bits per heavy atom. The third-order valence-electron chi connectivity index (χ3n) is 5.15. The summed E-state index contributed by atoms with van der Waals surface area (Å²) in [7, 11) is 0. The van der Waals surface area contributed by atoms with E-state index in [1.807, 2.05) is 0 Å². The molecule has 0 spiro atoms. The van der Waals surface area contributed by atoms with Gasteiger partial charge in [0.25, 0.3) is 0 Å². The van der Waals surface area contributed by atoms with Gasteiger partial charge in [-0.25, -0.2) is 0 Å². The summed E-state index contributed by atoms with van der Waals surface area (Å²) >= 11 is 0. The summed E-state index contributed by atoms with van der Waals surface area (Å²) in [5.41, 5.74) is 0. The molecule has 2 heterocycles. The lowest BCUT2D eigenvalue weighted by molar-refractivity contribution is 0.129. The minimum absolute atomic E-state index is 0.829. The average molecular weight is 311 g/mol. The van der Waals surface area contributed by atoms with Crippen molar-refractivity contribution in [2.24, 2.45) is 17.8 Å². The highest BCUT2D eigenvalue weighted by atomic mass is 15.1. The number of hydrogen-bond acceptors (Lipinski definition) is 2. The molecule has 0 amide bonds. The fraction of sp³-hybridized carbons (Fsp3) is 1.00. The topological polar surface area (TPSA) is 6.48 Å². The Morgan fingerprint density at radius 2 is 1.18 bits per heavy atom. The van der Waals surface area contributed by atoms with Crippen molar-refractivity contribution < 1.29 is 0 Å². The molecule has 0 unspecified atom stereocenters. The molecule has 0 aromatic rings. The molecule has 2 aliphatic heterocycles. The van der Waals surface area contributed by atoms with Crippen molar-refractivity contribution in [3.8, 4) is 0 Å². The highest BCUT2D eigenvalue weighted by Gasteiger charge is 2.25. The van der Waals surface area contributed by atoms with Crippen LogP contribution in [0, 0.1) is 17.8 Å². The fourth-order valence-electron chi connectivity index (χ4n) is 3.93. The van der Waals surface area contributed by atoms with Crippen molar-refractivity contribution in [1.29, 1.82) is 0 Å². The predicted molar refractivity (Wildman–Crippen MR) is 99.4 cm³/mol. The molecular weight excluding hydrogens is 268 g/mol. The Morgan fingerprint density at radius 3 is 1.55 bits per heavy atom. The van der Waals surface area contributed by atoms with Gasteiger partial charge in [-0.1, -0.05) is 41.0 Å². The second-order valence-electron chi connectivity index (χ2n) is 7.96. The van der Waals surface area contributed by atoms with Crippen LogP contribution in [0.2, 0.25) is 0 Å². The molecular formula is C20H42N2. The first kappa shape index (κ1) is 20.0. The molecule has 0 aliphatic carbocycles. The minimum atomic E-state index is 0.829. The summed E-state index contributed by atoms with van der Waals surface area (Å²) in [6, 6.07) is 0. The van der Waals surface area contributed by atoms with E-state index in [1.54, 1.807) is 0 Å². The molecule has 22 heavy (non-hydrogen) atoms. The smallest absolute Gasteiger partial charge is 0.000439 e. The van der Waals surface area contributed by atoms with Gasteiger partial charge >= 0.3 is 0 Å². The summed E-state index contributed by atoms with van der Waals surface area (Å²) in [4.78, 5) is 5.29. The van der Waals surface area contributed by atoms with Gasteiger partial charge in [-0.3, -0.25) is 0 Å². The van der Waals surface area contributed by atoms with Crippen molar-refractivity contribution in [3.05, 3.63) is 0 Å². The van der Waals surface area contributed by atoms with Gasteiger partial charge in [0.15, 0.2) is 0 Å². The SMILES string of the molecule is CCC.CCN1CCC(CC2CCN(CC(C)C)CC2)CC1. The van der Waals surface area contributed by atoms with E-state index in [4.69, 9.17) is 0 Å². The van der Waals surface area contributed by atoms with Crippen molar-refractivity contribution in [1.82, 2.24) is 9.80 Å². The normalized spacial score (nSPS) is 22.6. The second-order valence-corrected chi connectivity index (χ2v) is 7.96. The maximum Gasteiger partial charge on any atom is 0.000439 e. The Hall–Kier alpha value is -0.0800. The first-order valence-electron chi connectivity index (χ1n) is 10.0. The van der Waals surface area contributed by atoms with E-state index in [0.29, 0.717) is 0 Å². The maximum atomic E-state index is 2.68. The predicted octanol–water partition coefficient (Wildman–Crippen LogP) is 4.89. The molecule has 0 aromatic heterocycles. The van der Waals surface area contributed by atoms with Gasteiger partial charge in [0.1, 0.15) is 0 Å². The van der Waals surface area contributed by atoms with Crippen LogP contribution >= 0.6 is 0 Å². The van der Waals surface area contributed by atoms with Crippen LogP contribution in [0.4, 0.5) is 0 Å². The van der Waals surface area contributed by atoms with Crippen molar-refractivity contribution in [2.45, 2.75) is 73.1 Å². The van der Waals surface area contributed by atoms with E-state index in [1.165, 1.54) is 77.8 Å². The van der Waals surface area contributed by atoms with Crippen LogP contribution in [0.3, 0.4) is 0 Å². The fourth-order valence-corrected chi connectivity index (χ4v) is 3.93. The zero-order valence-electron chi connectivity index (χ0n) is 16.1. The standard InChI is InChI=1S/C17H34N2.C3H8/c1-4-18-9-5-16(6-10-18)13-17-7-11-19(12-8-17)14-15(2)3;1-3-2/h15-17H,4-14H2,1-3H3;3H2,1-2H3. The summed E-state index contributed by atoms with van der Waals surface area (Å²) in [6.45, 7) is 19.2. The summed E-state index contributed by atoms with van der Waals surface area (Å²) in [6.07, 6.45) is 8.61. The monoisotopic (exact) mass is 310 g/mol. The maximum absolute atomic E-state index is 2.68. The van der Waals surface area contributed by atoms with Crippen molar-refractivity contribution in [3.63, 3.8) is 0 Å². The van der Waals surface area contributed by atoms with Crippen molar-refractivity contribution >= 4 is 0 Å². The number of likely N-dealkylation sites (tertiary alicyclic amines) is 2. The van der Waals surface area contributed by atoms with E-state index in [2.05, 4.69) is 44.4 Å². The molecule has 2 heteroatoms. The average Bonchev–Trinajstić information content (AvgIpc) is 2.50. The van der Waals surface area contributed by atoms with Gasteiger partial charge < -0.3 is 9.80 Å². The largest absolute Gasteiger partial charge is 0.304 e. The Labute approximate surface area is 140 Å². The van der Waals surface area contributed by atoms with Gasteiger partial charge in [0.05, 0.1) is 0 Å². The lowest BCUT2D eigenvalue weighted by atomic mass is 9.82. The van der Waals surface area contributed by atoms with Gasteiger partial charge in [-0.2, -0.15) is 0 Å². The molecule has 2 aliphatic rings. The number of nitrogens with zero attached hydrogens (tertiary/aromatic N) is 2. The second kappa shape index (κ2) is 11.5. The lowest BCUT2D eigenvalue weighted by Crippen LogP contribution is -2.38. The number of hydrogen-bond donors (Lipinski definition) is 0. The molecule has 2 nitrogen and oxygen atoms in total. The third kappa shape index (κ3) is 7.97. The van der Waals surface area contributed by atoms with Crippen LogP contribution < -0.4 is 0 Å². The van der Waals surface area contributed by atoms with Crippen LogP contribution in [0.5, 0.6) is 0 Å². The summed E-state index contributed by atoms with van der Waals surface area (Å²) in [5.74, 6) is 2.89. The Balaban J connectivity index is 0.000000745. The van der Waals surface area contributed by atoms with E-state index in [9.17, 15) is 0 Å². The van der Waals surface area contributed by atoms with E-state index in [-0.39, 0.29) is 0 Å². The van der Waals surface area contributed by atoms with Crippen LogP contribution in [0.1, 0.15) is 73.1 Å². The molecule has 132 valence electrons. The Kier molecular flexibility index (Phi) is 10.4. The van der Waals surface area contributed by atoms with Crippen LogP contribution in [0.15, 0.2) is 0 Å². The zero-order chi connectivity index (χ0) is 16.4. The highest BCUT2D eigenvalue weighted by molar-refractivity contribution is 4.78. The number of piperidine rings is 2. The van der Waals surface area contributed by atoms with Gasteiger partial charge in [0.2, 0.25) is 0 Å². The van der Waals surface area contributed by atoms with Crippen LogP contribution in [0.25, 0.3) is 0 Å². The molecule has 0 N–H and O–H groups in total.